The molecule has 35 heavy (non-hydrogen) atoms. The Morgan fingerprint density at radius 1 is 1.03 bits per heavy atom. The van der Waals surface area contributed by atoms with Gasteiger partial charge in [0.15, 0.2) is 5.54 Å². The summed E-state index contributed by atoms with van der Waals surface area (Å²) >= 11 is 0. The fraction of sp³-hybridized carbons (Fsp3) is 0.214. The van der Waals surface area contributed by atoms with Gasteiger partial charge in [-0.15, -0.1) is 0 Å². The van der Waals surface area contributed by atoms with Crippen molar-refractivity contribution < 1.29 is 18.4 Å². The Bertz CT molecular complexity index is 1510. The molecule has 3 amide bonds. The van der Waals surface area contributed by atoms with Crippen molar-refractivity contribution in [3.63, 3.8) is 0 Å². The third kappa shape index (κ3) is 2.90. The van der Waals surface area contributed by atoms with Gasteiger partial charge in [0.05, 0.1) is 11.4 Å². The first kappa shape index (κ1) is 21.5. The maximum atomic E-state index is 14.7. The normalized spacial score (nSPS) is 21.5. The van der Waals surface area contributed by atoms with Crippen LogP contribution in [0.5, 0.6) is 0 Å². The van der Waals surface area contributed by atoms with Crippen molar-refractivity contribution in [3.8, 4) is 0 Å². The van der Waals surface area contributed by atoms with Gasteiger partial charge in [-0.05, 0) is 48.2 Å². The minimum atomic E-state index is -1.36. The molecule has 0 bridgehead atoms. The lowest BCUT2D eigenvalue weighted by Gasteiger charge is -2.40. The predicted molar refractivity (Wildman–Crippen MR) is 129 cm³/mol. The van der Waals surface area contributed by atoms with Crippen LogP contribution in [0.4, 0.5) is 19.3 Å². The van der Waals surface area contributed by atoms with Crippen molar-refractivity contribution in [2.75, 3.05) is 11.4 Å². The van der Waals surface area contributed by atoms with Crippen LogP contribution >= 0.6 is 0 Å². The number of anilines is 1. The maximum Gasteiger partial charge on any atom is 0.332 e. The molecule has 2 atom stereocenters. The minimum Gasteiger partial charge on any atom is -0.356 e. The standard InChI is InChI=1S/C28H23F2N3O2/c1-3-16-8-10-17(11-9-16)20-15-32-27(35)33(23-13-12-18(29)14-21(23)30)26(34)28(32,2)25-24(20)19-6-4-5-7-22(19)31-25/h4-14,20,31H,3,15H2,1-2H3/t20?,28-/m0/s1. The van der Waals surface area contributed by atoms with E-state index in [0.717, 1.165) is 45.5 Å². The monoisotopic (exact) mass is 471 g/mol. The second-order valence-corrected chi connectivity index (χ2v) is 9.31. The van der Waals surface area contributed by atoms with Gasteiger partial charge < -0.3 is 9.88 Å². The van der Waals surface area contributed by atoms with Gasteiger partial charge in [0, 0.05) is 29.4 Å². The van der Waals surface area contributed by atoms with E-state index in [-0.39, 0.29) is 18.2 Å². The Balaban J connectivity index is 1.56. The zero-order valence-corrected chi connectivity index (χ0v) is 19.3. The molecule has 0 radical (unpaired) electrons. The number of carbonyl (C=O) groups is 2. The number of urea groups is 1. The number of halogens is 2. The van der Waals surface area contributed by atoms with Crippen molar-refractivity contribution in [2.24, 2.45) is 0 Å². The van der Waals surface area contributed by atoms with E-state index in [4.69, 9.17) is 0 Å². The van der Waals surface area contributed by atoms with E-state index in [1.165, 1.54) is 10.5 Å². The van der Waals surface area contributed by atoms with Gasteiger partial charge in [-0.2, -0.15) is 0 Å². The molecule has 0 spiro atoms. The van der Waals surface area contributed by atoms with Crippen molar-refractivity contribution in [3.05, 3.63) is 101 Å². The third-order valence-electron chi connectivity index (χ3n) is 7.47. The van der Waals surface area contributed by atoms with Crippen LogP contribution in [-0.2, 0) is 16.8 Å². The number of para-hydroxylation sites is 1. The zero-order chi connectivity index (χ0) is 24.5. The van der Waals surface area contributed by atoms with Crippen molar-refractivity contribution in [1.82, 2.24) is 9.88 Å². The number of H-pyrrole nitrogens is 1. The number of rotatable bonds is 3. The number of benzene rings is 3. The fourth-order valence-electron chi connectivity index (χ4n) is 5.55. The summed E-state index contributed by atoms with van der Waals surface area (Å²) < 4.78 is 28.3. The minimum absolute atomic E-state index is 0.185. The number of nitrogens with one attached hydrogen (secondary N) is 1. The highest BCUT2D eigenvalue weighted by Gasteiger charge is 2.61. The van der Waals surface area contributed by atoms with Crippen molar-refractivity contribution in [2.45, 2.75) is 31.7 Å². The van der Waals surface area contributed by atoms with Gasteiger partial charge in [0.2, 0.25) is 0 Å². The molecule has 1 aromatic heterocycles. The van der Waals surface area contributed by atoms with E-state index in [1.807, 2.05) is 24.3 Å². The number of aryl methyl sites for hydroxylation is 1. The molecule has 4 aromatic rings. The Morgan fingerprint density at radius 2 is 1.77 bits per heavy atom. The Morgan fingerprint density at radius 3 is 2.49 bits per heavy atom. The molecule has 0 saturated carbocycles. The summed E-state index contributed by atoms with van der Waals surface area (Å²) in [6, 6.07) is 18.3. The molecule has 2 aliphatic rings. The summed E-state index contributed by atoms with van der Waals surface area (Å²) in [4.78, 5) is 33.3. The fourth-order valence-corrected chi connectivity index (χ4v) is 5.55. The highest BCUT2D eigenvalue weighted by molar-refractivity contribution is 6.23. The Kier molecular flexibility index (Phi) is 4.61. The highest BCUT2D eigenvalue weighted by Crippen LogP contribution is 2.50. The first-order valence-corrected chi connectivity index (χ1v) is 11.7. The number of aromatic amines is 1. The largest absolute Gasteiger partial charge is 0.356 e. The Hall–Kier alpha value is -4.00. The van der Waals surface area contributed by atoms with E-state index in [2.05, 4.69) is 36.2 Å². The number of fused-ring (bicyclic) bond motifs is 5. The number of hydrogen-bond acceptors (Lipinski definition) is 2. The Labute approximate surface area is 201 Å². The van der Waals surface area contributed by atoms with E-state index >= 15 is 0 Å². The number of aromatic nitrogens is 1. The van der Waals surface area contributed by atoms with Gasteiger partial charge in [-0.3, -0.25) is 4.79 Å². The molecular formula is C28H23F2N3O2. The number of imide groups is 1. The van der Waals surface area contributed by atoms with Crippen LogP contribution in [0, 0.1) is 11.6 Å². The van der Waals surface area contributed by atoms with Crippen LogP contribution in [0.15, 0.2) is 66.7 Å². The van der Waals surface area contributed by atoms with E-state index in [0.29, 0.717) is 11.8 Å². The van der Waals surface area contributed by atoms with Crippen LogP contribution in [0.3, 0.4) is 0 Å². The second kappa shape index (κ2) is 7.50. The number of amides is 3. The number of hydrogen-bond donors (Lipinski definition) is 1. The molecule has 2 aliphatic heterocycles. The first-order valence-electron chi connectivity index (χ1n) is 11.7. The summed E-state index contributed by atoms with van der Waals surface area (Å²) in [7, 11) is 0. The molecule has 3 aromatic carbocycles. The van der Waals surface area contributed by atoms with Gasteiger partial charge in [0.25, 0.3) is 5.91 Å². The van der Waals surface area contributed by atoms with E-state index < -0.39 is 29.1 Å². The average Bonchev–Trinajstić information content (AvgIpc) is 3.34. The summed E-state index contributed by atoms with van der Waals surface area (Å²) in [6.45, 7) is 4.04. The molecule has 0 aliphatic carbocycles. The lowest BCUT2D eigenvalue weighted by molar-refractivity contribution is -0.125. The summed E-state index contributed by atoms with van der Waals surface area (Å²) in [6.07, 6.45) is 0.915. The molecule has 6 rings (SSSR count). The van der Waals surface area contributed by atoms with E-state index in [1.54, 1.807) is 6.92 Å². The molecule has 1 unspecified atom stereocenters. The van der Waals surface area contributed by atoms with E-state index in [9.17, 15) is 18.4 Å². The molecular weight excluding hydrogens is 448 g/mol. The van der Waals surface area contributed by atoms with Crippen LogP contribution in [-0.4, -0.2) is 28.4 Å². The number of carbonyl (C=O) groups excluding carboxylic acids is 2. The zero-order valence-electron chi connectivity index (χ0n) is 19.3. The third-order valence-corrected chi connectivity index (χ3v) is 7.47. The molecule has 7 heteroatoms. The summed E-state index contributed by atoms with van der Waals surface area (Å²) in [5.41, 5.74) is 3.08. The quantitative estimate of drug-likeness (QED) is 0.382. The average molecular weight is 472 g/mol. The van der Waals surface area contributed by atoms with Crippen LogP contribution in [0.2, 0.25) is 0 Å². The first-order chi connectivity index (χ1) is 16.8. The van der Waals surface area contributed by atoms with Gasteiger partial charge >= 0.3 is 6.03 Å². The molecule has 1 saturated heterocycles. The molecule has 5 nitrogen and oxygen atoms in total. The SMILES string of the molecule is CCc1ccc(C2CN3C(=O)N(c4ccc(F)cc4F)C(=O)[C@]3(C)c3[nH]c4ccccc4c32)cc1. The molecule has 3 heterocycles. The number of nitrogens with zero attached hydrogens (tertiary/aromatic N) is 2. The van der Waals surface area contributed by atoms with Gasteiger partial charge in [0.1, 0.15) is 11.6 Å². The smallest absolute Gasteiger partial charge is 0.332 e. The summed E-state index contributed by atoms with van der Waals surface area (Å²) in [5, 5.41) is 0.986. The van der Waals surface area contributed by atoms with Gasteiger partial charge in [-0.1, -0.05) is 49.4 Å². The highest BCUT2D eigenvalue weighted by atomic mass is 19.1. The lowest BCUT2D eigenvalue weighted by Crippen LogP contribution is -2.50. The van der Waals surface area contributed by atoms with Crippen LogP contribution in [0.1, 0.15) is 42.1 Å². The van der Waals surface area contributed by atoms with Crippen molar-refractivity contribution >= 4 is 28.5 Å². The topological polar surface area (TPSA) is 56.4 Å². The maximum absolute atomic E-state index is 14.7. The molecule has 1 fully saturated rings. The predicted octanol–water partition coefficient (Wildman–Crippen LogP) is 5.84. The second-order valence-electron chi connectivity index (χ2n) is 9.31. The summed E-state index contributed by atoms with van der Waals surface area (Å²) in [5.74, 6) is -2.49. The molecule has 176 valence electrons. The van der Waals surface area contributed by atoms with Crippen LogP contribution in [0.25, 0.3) is 10.9 Å². The van der Waals surface area contributed by atoms with Crippen molar-refractivity contribution in [1.29, 1.82) is 0 Å². The van der Waals surface area contributed by atoms with Gasteiger partial charge in [-0.25, -0.2) is 18.5 Å². The lowest BCUT2D eigenvalue weighted by atomic mass is 9.78. The molecule has 1 N–H and O–H groups in total. The van der Waals surface area contributed by atoms with Crippen LogP contribution < -0.4 is 4.90 Å².